The molecule has 0 fully saturated rings. The van der Waals surface area contributed by atoms with Crippen molar-refractivity contribution < 1.29 is 0 Å². The highest BCUT2D eigenvalue weighted by atomic mass is 15.4. The van der Waals surface area contributed by atoms with Crippen LogP contribution in [0.4, 0.5) is 11.8 Å². The molecule has 37 heavy (non-hydrogen) atoms. The maximum atomic E-state index is 5.38. The summed E-state index contributed by atoms with van der Waals surface area (Å²) in [5.74, 6) is 2.58. The van der Waals surface area contributed by atoms with E-state index in [4.69, 9.17) is 9.97 Å². The number of anilines is 2. The summed E-state index contributed by atoms with van der Waals surface area (Å²) in [5.41, 5.74) is 5.76. The van der Waals surface area contributed by atoms with Crippen molar-refractivity contribution in [1.29, 1.82) is 0 Å². The van der Waals surface area contributed by atoms with Gasteiger partial charge in [0.1, 0.15) is 5.52 Å². The molecule has 3 heterocycles. The number of pyridine rings is 1. The predicted octanol–water partition coefficient (Wildman–Crippen LogP) is 7.05. The fourth-order valence-corrected chi connectivity index (χ4v) is 5.71. The number of hydrogen-bond acceptors (Lipinski definition) is 4. The number of nitrogens with zero attached hydrogens (tertiary/aromatic N) is 5. The SMILES string of the molecule is CCCN1c2nc3c(N(Cc4ccccc4)Cc4ccccc4)nc4ccccc4c3n2CC(C)C1C. The Labute approximate surface area is 219 Å². The van der Waals surface area contributed by atoms with Crippen LogP contribution in [-0.4, -0.2) is 27.1 Å². The molecule has 2 atom stereocenters. The molecule has 0 spiro atoms. The zero-order valence-electron chi connectivity index (χ0n) is 22.0. The molecule has 2 aromatic heterocycles. The standard InChI is InChI=1S/C32H35N5/c1-4-19-36-24(3)23(2)20-37-30-27-17-11-12-18-28(27)33-31(29(30)34-32(36)37)35(21-25-13-7-5-8-14-25)22-26-15-9-6-10-16-26/h5-18,23-24H,4,19-22H2,1-3H3. The Morgan fingerprint density at radius 3 is 2.08 bits per heavy atom. The zero-order chi connectivity index (χ0) is 25.4. The summed E-state index contributed by atoms with van der Waals surface area (Å²) in [6.07, 6.45) is 1.10. The van der Waals surface area contributed by atoms with Crippen LogP contribution >= 0.6 is 0 Å². The van der Waals surface area contributed by atoms with Crippen molar-refractivity contribution >= 4 is 33.7 Å². The monoisotopic (exact) mass is 489 g/mol. The van der Waals surface area contributed by atoms with Crippen molar-refractivity contribution in [3.63, 3.8) is 0 Å². The molecule has 0 radical (unpaired) electrons. The molecule has 1 aliphatic heterocycles. The topological polar surface area (TPSA) is 37.2 Å². The lowest BCUT2D eigenvalue weighted by molar-refractivity contribution is 0.358. The second kappa shape index (κ2) is 9.89. The van der Waals surface area contributed by atoms with Crippen LogP contribution in [0, 0.1) is 5.92 Å². The lowest BCUT2D eigenvalue weighted by Gasteiger charge is -2.39. The van der Waals surface area contributed by atoms with E-state index in [9.17, 15) is 0 Å². The van der Waals surface area contributed by atoms with Crippen molar-refractivity contribution in [3.8, 4) is 0 Å². The third-order valence-electron chi connectivity index (χ3n) is 7.78. The molecule has 0 N–H and O–H groups in total. The van der Waals surface area contributed by atoms with Crippen molar-refractivity contribution in [2.45, 2.75) is 52.9 Å². The first-order valence-corrected chi connectivity index (χ1v) is 13.5. The Morgan fingerprint density at radius 2 is 1.43 bits per heavy atom. The number of fused-ring (bicyclic) bond motifs is 5. The summed E-state index contributed by atoms with van der Waals surface area (Å²) >= 11 is 0. The normalized spacial score (nSPS) is 17.3. The van der Waals surface area contributed by atoms with Gasteiger partial charge in [0.2, 0.25) is 5.95 Å². The Morgan fingerprint density at radius 1 is 0.811 bits per heavy atom. The quantitative estimate of drug-likeness (QED) is 0.246. The van der Waals surface area contributed by atoms with E-state index in [1.807, 2.05) is 0 Å². The fourth-order valence-electron chi connectivity index (χ4n) is 5.71. The zero-order valence-corrected chi connectivity index (χ0v) is 22.0. The first-order valence-electron chi connectivity index (χ1n) is 13.5. The second-order valence-corrected chi connectivity index (χ2v) is 10.4. The molecular weight excluding hydrogens is 454 g/mol. The van der Waals surface area contributed by atoms with Crippen LogP contribution in [0.3, 0.4) is 0 Å². The summed E-state index contributed by atoms with van der Waals surface area (Å²) in [6, 6.07) is 30.4. The molecule has 0 saturated heterocycles. The third-order valence-corrected chi connectivity index (χ3v) is 7.78. The number of benzene rings is 3. The number of hydrogen-bond donors (Lipinski definition) is 0. The molecule has 0 bridgehead atoms. The summed E-state index contributed by atoms with van der Waals surface area (Å²) in [6.45, 7) is 10.5. The van der Waals surface area contributed by atoms with Gasteiger partial charge in [-0.05, 0) is 36.5 Å². The Bertz CT molecular complexity index is 1470. The van der Waals surface area contributed by atoms with Gasteiger partial charge < -0.3 is 14.4 Å². The Kier molecular flexibility index (Phi) is 6.29. The Hall–Kier alpha value is -3.86. The van der Waals surface area contributed by atoms with E-state index in [2.05, 4.69) is 120 Å². The van der Waals surface area contributed by atoms with Crippen LogP contribution in [0.2, 0.25) is 0 Å². The van der Waals surface area contributed by atoms with Crippen molar-refractivity contribution in [2.24, 2.45) is 5.92 Å². The number of aromatic nitrogens is 3. The molecule has 5 nitrogen and oxygen atoms in total. The molecule has 2 unspecified atom stereocenters. The maximum Gasteiger partial charge on any atom is 0.206 e. The fraction of sp³-hybridized carbons (Fsp3) is 0.312. The molecule has 1 aliphatic rings. The van der Waals surface area contributed by atoms with Gasteiger partial charge in [-0.2, -0.15) is 0 Å². The van der Waals surface area contributed by atoms with Crippen LogP contribution in [0.15, 0.2) is 84.9 Å². The average molecular weight is 490 g/mol. The van der Waals surface area contributed by atoms with Crippen LogP contribution in [0.5, 0.6) is 0 Å². The van der Waals surface area contributed by atoms with Gasteiger partial charge in [0.05, 0.1) is 11.0 Å². The average Bonchev–Trinajstić information content (AvgIpc) is 3.31. The minimum atomic E-state index is 0.455. The van der Waals surface area contributed by atoms with Crippen molar-refractivity contribution in [3.05, 3.63) is 96.1 Å². The van der Waals surface area contributed by atoms with Crippen LogP contribution in [0.1, 0.15) is 38.3 Å². The predicted molar refractivity (Wildman–Crippen MR) is 154 cm³/mol. The summed E-state index contributed by atoms with van der Waals surface area (Å²) < 4.78 is 2.46. The smallest absolute Gasteiger partial charge is 0.206 e. The highest BCUT2D eigenvalue weighted by Gasteiger charge is 2.33. The molecule has 5 heteroatoms. The molecular formula is C32H35N5. The molecule has 188 valence electrons. The van der Waals surface area contributed by atoms with E-state index < -0.39 is 0 Å². The summed E-state index contributed by atoms with van der Waals surface area (Å²) in [7, 11) is 0. The van der Waals surface area contributed by atoms with Gasteiger partial charge in [-0.15, -0.1) is 0 Å². The van der Waals surface area contributed by atoms with Gasteiger partial charge in [-0.1, -0.05) is 92.7 Å². The van der Waals surface area contributed by atoms with E-state index in [-0.39, 0.29) is 0 Å². The summed E-state index contributed by atoms with van der Waals surface area (Å²) in [4.78, 5) is 15.6. The molecule has 0 amide bonds. The van der Waals surface area contributed by atoms with Gasteiger partial charge >= 0.3 is 0 Å². The van der Waals surface area contributed by atoms with Crippen LogP contribution < -0.4 is 9.80 Å². The lowest BCUT2D eigenvalue weighted by atomic mass is 9.99. The maximum absolute atomic E-state index is 5.38. The van der Waals surface area contributed by atoms with Crippen LogP contribution in [0.25, 0.3) is 21.9 Å². The van der Waals surface area contributed by atoms with Gasteiger partial charge in [0.25, 0.3) is 0 Å². The second-order valence-electron chi connectivity index (χ2n) is 10.4. The first-order chi connectivity index (χ1) is 18.1. The lowest BCUT2D eigenvalue weighted by Crippen LogP contribution is -2.45. The Balaban J connectivity index is 1.59. The summed E-state index contributed by atoms with van der Waals surface area (Å²) in [5, 5.41) is 1.18. The van der Waals surface area contributed by atoms with Gasteiger partial charge in [0.15, 0.2) is 5.82 Å². The van der Waals surface area contributed by atoms with Crippen LogP contribution in [-0.2, 0) is 19.6 Å². The van der Waals surface area contributed by atoms with Gasteiger partial charge in [-0.25, -0.2) is 9.97 Å². The minimum absolute atomic E-state index is 0.455. The van der Waals surface area contributed by atoms with Crippen molar-refractivity contribution in [2.75, 3.05) is 16.3 Å². The third kappa shape index (κ3) is 4.33. The molecule has 3 aromatic carbocycles. The van der Waals surface area contributed by atoms with E-state index in [0.29, 0.717) is 12.0 Å². The highest BCUT2D eigenvalue weighted by molar-refractivity contribution is 6.08. The number of rotatable bonds is 7. The largest absolute Gasteiger partial charge is 0.346 e. The number of imidazole rings is 1. The van der Waals surface area contributed by atoms with Crippen molar-refractivity contribution in [1.82, 2.24) is 14.5 Å². The molecule has 5 aromatic rings. The van der Waals surface area contributed by atoms with Gasteiger partial charge in [0, 0.05) is 37.6 Å². The minimum Gasteiger partial charge on any atom is -0.346 e. The number of para-hydroxylation sites is 1. The van der Waals surface area contributed by atoms with E-state index in [1.165, 1.54) is 22.0 Å². The molecule has 6 rings (SSSR count). The highest BCUT2D eigenvalue weighted by Crippen LogP contribution is 2.39. The molecule has 0 aliphatic carbocycles. The van der Waals surface area contributed by atoms with Gasteiger partial charge in [-0.3, -0.25) is 0 Å². The molecule has 0 saturated carbocycles. The van der Waals surface area contributed by atoms with E-state index in [1.54, 1.807) is 0 Å². The first kappa shape index (κ1) is 23.5. The van der Waals surface area contributed by atoms with E-state index >= 15 is 0 Å². The van der Waals surface area contributed by atoms with E-state index in [0.717, 1.165) is 55.4 Å².